The van der Waals surface area contributed by atoms with Gasteiger partial charge in [0.1, 0.15) is 4.99 Å². The molecule has 118 valence electrons. The number of nitrogens with two attached hydrogens (primary N) is 1. The third-order valence-corrected chi connectivity index (χ3v) is 4.41. The van der Waals surface area contributed by atoms with Crippen LogP contribution in [0.1, 0.15) is 16.7 Å². The minimum absolute atomic E-state index is 0.347. The molecule has 0 aliphatic carbocycles. The highest BCUT2D eigenvalue weighted by molar-refractivity contribution is 7.98. The van der Waals surface area contributed by atoms with Crippen molar-refractivity contribution in [3.05, 3.63) is 65.2 Å². The first kappa shape index (κ1) is 16.2. The number of nitrogens with zero attached hydrogens (tertiary/aromatic N) is 3. The molecule has 0 fully saturated rings. The molecular formula is C17H12N4OS2. The van der Waals surface area contributed by atoms with Crippen LogP contribution < -0.4 is 5.73 Å². The predicted molar refractivity (Wildman–Crippen MR) is 96.3 cm³/mol. The van der Waals surface area contributed by atoms with E-state index >= 15 is 0 Å². The molecule has 0 amide bonds. The van der Waals surface area contributed by atoms with Gasteiger partial charge in [-0.15, -0.1) is 10.2 Å². The van der Waals surface area contributed by atoms with E-state index < -0.39 is 0 Å². The third-order valence-electron chi connectivity index (χ3n) is 3.31. The fourth-order valence-electron chi connectivity index (χ4n) is 2.06. The summed E-state index contributed by atoms with van der Waals surface area (Å²) in [6.45, 7) is 0. The zero-order chi connectivity index (χ0) is 16.9. The van der Waals surface area contributed by atoms with E-state index in [0.29, 0.717) is 27.4 Å². The van der Waals surface area contributed by atoms with Gasteiger partial charge in [0.15, 0.2) is 0 Å². The molecule has 0 spiro atoms. The maximum atomic E-state index is 9.10. The normalized spacial score (nSPS) is 10.3. The number of hydrogen-bond acceptors (Lipinski definition) is 6. The molecule has 7 heteroatoms. The van der Waals surface area contributed by atoms with Crippen LogP contribution in [0.2, 0.25) is 0 Å². The number of benzene rings is 2. The summed E-state index contributed by atoms with van der Waals surface area (Å²) in [5.41, 5.74) is 8.75. The van der Waals surface area contributed by atoms with Crippen LogP contribution in [0.4, 0.5) is 0 Å². The van der Waals surface area contributed by atoms with Gasteiger partial charge in [-0.05, 0) is 23.8 Å². The van der Waals surface area contributed by atoms with Gasteiger partial charge in [-0.2, -0.15) is 5.26 Å². The SMILES string of the molecule is N#Cc1ccccc1CSc1nnc(-c2ccc(C(N)=S)cc2)o1. The van der Waals surface area contributed by atoms with E-state index in [1.54, 1.807) is 6.07 Å². The van der Waals surface area contributed by atoms with Gasteiger partial charge in [0.05, 0.1) is 11.6 Å². The molecular weight excluding hydrogens is 340 g/mol. The van der Waals surface area contributed by atoms with Gasteiger partial charge in [-0.1, -0.05) is 54.3 Å². The van der Waals surface area contributed by atoms with E-state index in [9.17, 15) is 0 Å². The molecule has 0 unspecified atom stereocenters. The van der Waals surface area contributed by atoms with E-state index in [-0.39, 0.29) is 0 Å². The van der Waals surface area contributed by atoms with Crippen LogP contribution in [0.5, 0.6) is 0 Å². The Hall–Kier alpha value is -2.69. The van der Waals surface area contributed by atoms with Crippen molar-refractivity contribution in [2.24, 2.45) is 5.73 Å². The quantitative estimate of drug-likeness (QED) is 0.555. The van der Waals surface area contributed by atoms with Gasteiger partial charge in [-0.3, -0.25) is 0 Å². The van der Waals surface area contributed by atoms with Crippen LogP contribution in [0.25, 0.3) is 11.5 Å². The standard InChI is InChI=1S/C17H12N4OS2/c18-9-13-3-1-2-4-14(13)10-24-17-21-20-16(22-17)12-7-5-11(6-8-12)15(19)23/h1-8H,10H2,(H2,19,23). The highest BCUT2D eigenvalue weighted by Gasteiger charge is 2.10. The zero-order valence-electron chi connectivity index (χ0n) is 12.5. The van der Waals surface area contributed by atoms with Gasteiger partial charge in [0.25, 0.3) is 5.22 Å². The molecule has 1 heterocycles. The second-order valence-corrected chi connectivity index (χ2v) is 6.24. The molecule has 2 N–H and O–H groups in total. The molecule has 1 aromatic heterocycles. The second-order valence-electron chi connectivity index (χ2n) is 4.87. The van der Waals surface area contributed by atoms with Gasteiger partial charge >= 0.3 is 0 Å². The Bertz CT molecular complexity index is 913. The summed E-state index contributed by atoms with van der Waals surface area (Å²) >= 11 is 6.32. The maximum absolute atomic E-state index is 9.10. The number of aromatic nitrogens is 2. The number of rotatable bonds is 5. The molecule has 24 heavy (non-hydrogen) atoms. The van der Waals surface area contributed by atoms with Gasteiger partial charge in [-0.25, -0.2) is 0 Å². The van der Waals surface area contributed by atoms with Crippen LogP contribution >= 0.6 is 24.0 Å². The molecule has 0 aliphatic heterocycles. The maximum Gasteiger partial charge on any atom is 0.277 e. The van der Waals surface area contributed by atoms with Gasteiger partial charge in [0, 0.05) is 16.9 Å². The summed E-state index contributed by atoms with van der Waals surface area (Å²) in [4.78, 5) is 0.347. The number of hydrogen-bond donors (Lipinski definition) is 1. The summed E-state index contributed by atoms with van der Waals surface area (Å²) in [6, 6.07) is 16.9. The first-order chi connectivity index (χ1) is 11.7. The molecule has 3 rings (SSSR count). The predicted octanol–water partition coefficient (Wildman–Crippen LogP) is 3.53. The Morgan fingerprint density at radius 2 is 1.92 bits per heavy atom. The molecule has 0 bridgehead atoms. The average molecular weight is 352 g/mol. The molecule has 2 aromatic carbocycles. The van der Waals surface area contributed by atoms with Gasteiger partial charge < -0.3 is 10.2 Å². The van der Waals surface area contributed by atoms with Crippen LogP contribution in [-0.4, -0.2) is 15.2 Å². The summed E-state index contributed by atoms with van der Waals surface area (Å²) in [6.07, 6.45) is 0. The molecule has 0 atom stereocenters. The monoisotopic (exact) mass is 352 g/mol. The van der Waals surface area contributed by atoms with Crippen molar-refractivity contribution in [3.8, 4) is 17.5 Å². The van der Waals surface area contributed by atoms with Crippen molar-refractivity contribution < 1.29 is 4.42 Å². The Morgan fingerprint density at radius 3 is 2.62 bits per heavy atom. The Labute approximate surface area is 148 Å². The van der Waals surface area contributed by atoms with Crippen molar-refractivity contribution in [2.45, 2.75) is 11.0 Å². The fourth-order valence-corrected chi connectivity index (χ4v) is 2.96. The molecule has 0 saturated carbocycles. The van der Waals surface area contributed by atoms with E-state index in [2.05, 4.69) is 16.3 Å². The van der Waals surface area contributed by atoms with E-state index in [1.807, 2.05) is 42.5 Å². The highest BCUT2D eigenvalue weighted by Crippen LogP contribution is 2.26. The van der Waals surface area contributed by atoms with E-state index in [0.717, 1.165) is 16.7 Å². The van der Waals surface area contributed by atoms with Crippen molar-refractivity contribution >= 4 is 29.0 Å². The Morgan fingerprint density at radius 1 is 1.17 bits per heavy atom. The zero-order valence-corrected chi connectivity index (χ0v) is 14.1. The van der Waals surface area contributed by atoms with E-state index in [1.165, 1.54) is 11.8 Å². The molecule has 0 aliphatic rings. The van der Waals surface area contributed by atoms with Crippen LogP contribution in [-0.2, 0) is 5.75 Å². The molecule has 3 aromatic rings. The van der Waals surface area contributed by atoms with E-state index in [4.69, 9.17) is 27.6 Å². The third kappa shape index (κ3) is 3.62. The largest absolute Gasteiger partial charge is 0.411 e. The van der Waals surface area contributed by atoms with Crippen LogP contribution in [0.3, 0.4) is 0 Å². The first-order valence-electron chi connectivity index (χ1n) is 7.02. The molecule has 0 saturated heterocycles. The van der Waals surface area contributed by atoms with Crippen LogP contribution in [0, 0.1) is 11.3 Å². The molecule has 5 nitrogen and oxygen atoms in total. The van der Waals surface area contributed by atoms with Crippen molar-refractivity contribution in [3.63, 3.8) is 0 Å². The fraction of sp³-hybridized carbons (Fsp3) is 0.0588. The topological polar surface area (TPSA) is 88.7 Å². The first-order valence-corrected chi connectivity index (χ1v) is 8.41. The number of nitriles is 1. The minimum atomic E-state index is 0.347. The smallest absolute Gasteiger partial charge is 0.277 e. The second kappa shape index (κ2) is 7.25. The summed E-state index contributed by atoms with van der Waals surface area (Å²) in [5.74, 6) is 1.02. The number of thiocarbonyl (C=S) groups is 1. The van der Waals surface area contributed by atoms with Crippen molar-refractivity contribution in [1.29, 1.82) is 5.26 Å². The summed E-state index contributed by atoms with van der Waals surface area (Å²) in [7, 11) is 0. The van der Waals surface area contributed by atoms with Crippen LogP contribution in [0.15, 0.2) is 58.2 Å². The summed E-state index contributed by atoms with van der Waals surface area (Å²) in [5, 5.41) is 17.6. The number of thioether (sulfide) groups is 1. The van der Waals surface area contributed by atoms with Crippen molar-refractivity contribution in [2.75, 3.05) is 0 Å². The Kier molecular flexibility index (Phi) is 4.89. The minimum Gasteiger partial charge on any atom is -0.411 e. The molecule has 0 radical (unpaired) electrons. The lowest BCUT2D eigenvalue weighted by Crippen LogP contribution is -2.08. The summed E-state index contributed by atoms with van der Waals surface area (Å²) < 4.78 is 5.66. The Balaban J connectivity index is 1.72. The highest BCUT2D eigenvalue weighted by atomic mass is 32.2. The average Bonchev–Trinajstić information content (AvgIpc) is 3.09. The lowest BCUT2D eigenvalue weighted by molar-refractivity contribution is 0.466. The lowest BCUT2D eigenvalue weighted by Gasteiger charge is -2.00. The van der Waals surface area contributed by atoms with Gasteiger partial charge in [0.2, 0.25) is 5.89 Å². The van der Waals surface area contributed by atoms with Crippen molar-refractivity contribution in [1.82, 2.24) is 10.2 Å². The lowest BCUT2D eigenvalue weighted by atomic mass is 10.1.